The summed E-state index contributed by atoms with van der Waals surface area (Å²) in [5.74, 6) is 0.569. The normalized spacial score (nSPS) is 23.8. The minimum Gasteiger partial charge on any atom is -0.448 e. The zero-order valence-electron chi connectivity index (χ0n) is 16.2. The van der Waals surface area contributed by atoms with Gasteiger partial charge in [0, 0.05) is 31.6 Å². The quantitative estimate of drug-likeness (QED) is 0.842. The van der Waals surface area contributed by atoms with Crippen molar-refractivity contribution in [3.05, 3.63) is 33.4 Å². The van der Waals surface area contributed by atoms with Gasteiger partial charge in [0.2, 0.25) is 0 Å². The molecule has 8 heteroatoms. The molecule has 0 aromatic carbocycles. The van der Waals surface area contributed by atoms with Crippen LogP contribution in [0.2, 0.25) is 0 Å². The summed E-state index contributed by atoms with van der Waals surface area (Å²) in [7, 11) is 0. The molecule has 0 saturated carbocycles. The van der Waals surface area contributed by atoms with E-state index in [1.54, 1.807) is 16.7 Å². The van der Waals surface area contributed by atoms with Gasteiger partial charge in [-0.2, -0.15) is 0 Å². The van der Waals surface area contributed by atoms with E-state index in [1.807, 2.05) is 6.07 Å². The highest BCUT2D eigenvalue weighted by Crippen LogP contribution is 2.25. The average Bonchev–Trinajstić information content (AvgIpc) is 3.14. The number of piperidine rings is 2. The number of nitrogens with one attached hydrogen (secondary N) is 1. The van der Waals surface area contributed by atoms with Crippen LogP contribution in [0.1, 0.15) is 53.3 Å². The Kier molecular flexibility index (Phi) is 5.39. The van der Waals surface area contributed by atoms with Crippen molar-refractivity contribution in [1.29, 1.82) is 0 Å². The van der Waals surface area contributed by atoms with Crippen LogP contribution in [0.25, 0.3) is 0 Å². The zero-order chi connectivity index (χ0) is 19.7. The Morgan fingerprint density at radius 3 is 2.57 bits per heavy atom. The molecular weight excluding hydrogens is 362 g/mol. The number of cyclic esters (lactones) is 1. The molecule has 8 nitrogen and oxygen atoms in total. The van der Waals surface area contributed by atoms with E-state index in [1.165, 1.54) is 0 Å². The lowest BCUT2D eigenvalue weighted by Gasteiger charge is -2.35. The highest BCUT2D eigenvalue weighted by molar-refractivity contribution is 5.95. The van der Waals surface area contributed by atoms with Crippen molar-refractivity contribution in [2.45, 2.75) is 44.6 Å². The molecule has 1 N–H and O–H groups in total. The van der Waals surface area contributed by atoms with Gasteiger partial charge in [-0.3, -0.25) is 4.79 Å². The maximum absolute atomic E-state index is 13.0. The first-order valence-electron chi connectivity index (χ1n) is 10.1. The fourth-order valence-corrected chi connectivity index (χ4v) is 4.46. The lowest BCUT2D eigenvalue weighted by molar-refractivity contribution is 0.0653. The number of ether oxygens (including phenoxy) is 1. The van der Waals surface area contributed by atoms with Crippen molar-refractivity contribution in [2.75, 3.05) is 39.3 Å². The lowest BCUT2D eigenvalue weighted by atomic mass is 9.95. The van der Waals surface area contributed by atoms with Crippen molar-refractivity contribution in [2.24, 2.45) is 0 Å². The summed E-state index contributed by atoms with van der Waals surface area (Å²) in [4.78, 5) is 40.7. The molecule has 3 fully saturated rings. The first-order valence-corrected chi connectivity index (χ1v) is 10.1. The molecule has 152 valence electrons. The largest absolute Gasteiger partial charge is 0.448 e. The van der Waals surface area contributed by atoms with Crippen LogP contribution in [0.3, 0.4) is 0 Å². The molecule has 0 bridgehead atoms. The number of nitrogens with zero attached hydrogens (tertiary/aromatic N) is 2. The molecule has 2 amide bonds. The molecule has 3 saturated heterocycles. The molecule has 0 spiro atoms. The molecule has 28 heavy (non-hydrogen) atoms. The summed E-state index contributed by atoms with van der Waals surface area (Å²) >= 11 is 0. The monoisotopic (exact) mass is 389 g/mol. The van der Waals surface area contributed by atoms with Crippen molar-refractivity contribution < 1.29 is 18.7 Å². The predicted octanol–water partition coefficient (Wildman–Crippen LogP) is 1.47. The second-order valence-corrected chi connectivity index (χ2v) is 7.87. The Labute approximate surface area is 163 Å². The van der Waals surface area contributed by atoms with Gasteiger partial charge >= 0.3 is 11.7 Å². The number of aryl methyl sites for hydroxylation is 1. The van der Waals surface area contributed by atoms with E-state index in [2.05, 4.69) is 5.32 Å². The fourth-order valence-electron chi connectivity index (χ4n) is 4.46. The van der Waals surface area contributed by atoms with Crippen LogP contribution >= 0.6 is 0 Å². The number of carbonyl (C=O) groups is 2. The van der Waals surface area contributed by atoms with Crippen LogP contribution in [0.5, 0.6) is 0 Å². The standard InChI is InChI=1S/C20H27N3O5/c1-13-11-16(14-3-2-6-21-12-14)28-19(25)17(13)18(24)22-7-4-15(5-8-22)23-9-10-27-20(23)26/h11,14-15,21H,2-10,12H2,1H3. The van der Waals surface area contributed by atoms with Crippen LogP contribution in [-0.4, -0.2) is 67.2 Å². The van der Waals surface area contributed by atoms with E-state index in [0.717, 1.165) is 25.9 Å². The average molecular weight is 389 g/mol. The van der Waals surface area contributed by atoms with Crippen molar-refractivity contribution in [3.8, 4) is 0 Å². The summed E-state index contributed by atoms with van der Waals surface area (Å²) in [5.41, 5.74) is 0.259. The van der Waals surface area contributed by atoms with Gasteiger partial charge in [-0.25, -0.2) is 9.59 Å². The second kappa shape index (κ2) is 7.95. The second-order valence-electron chi connectivity index (χ2n) is 7.87. The van der Waals surface area contributed by atoms with Gasteiger partial charge < -0.3 is 24.3 Å². The Hall–Kier alpha value is -2.35. The van der Waals surface area contributed by atoms with Gasteiger partial charge in [-0.1, -0.05) is 0 Å². The maximum atomic E-state index is 13.0. The minimum atomic E-state index is -0.546. The Morgan fingerprint density at radius 2 is 1.96 bits per heavy atom. The van der Waals surface area contributed by atoms with Gasteiger partial charge in [0.25, 0.3) is 5.91 Å². The number of hydrogen-bond donors (Lipinski definition) is 1. The highest BCUT2D eigenvalue weighted by atomic mass is 16.6. The minimum absolute atomic E-state index is 0.0951. The van der Waals surface area contributed by atoms with Crippen LogP contribution < -0.4 is 10.9 Å². The van der Waals surface area contributed by atoms with E-state index in [-0.39, 0.29) is 29.5 Å². The summed E-state index contributed by atoms with van der Waals surface area (Å²) in [6.45, 7) is 5.65. The molecule has 0 aliphatic carbocycles. The van der Waals surface area contributed by atoms with Crippen LogP contribution in [-0.2, 0) is 4.74 Å². The third-order valence-electron chi connectivity index (χ3n) is 6.07. The Bertz CT molecular complexity index is 807. The first-order chi connectivity index (χ1) is 13.5. The molecule has 1 unspecified atom stereocenters. The Morgan fingerprint density at radius 1 is 1.18 bits per heavy atom. The van der Waals surface area contributed by atoms with Crippen LogP contribution in [0.15, 0.2) is 15.3 Å². The van der Waals surface area contributed by atoms with Crippen molar-refractivity contribution in [3.63, 3.8) is 0 Å². The summed E-state index contributed by atoms with van der Waals surface area (Å²) in [6, 6.07) is 1.94. The van der Waals surface area contributed by atoms with Crippen LogP contribution in [0, 0.1) is 6.92 Å². The molecule has 4 heterocycles. The lowest BCUT2D eigenvalue weighted by Crippen LogP contribution is -2.47. The molecule has 3 aliphatic heterocycles. The number of hydrogen-bond acceptors (Lipinski definition) is 6. The van der Waals surface area contributed by atoms with Crippen molar-refractivity contribution in [1.82, 2.24) is 15.1 Å². The maximum Gasteiger partial charge on any atom is 0.410 e. The first kappa shape index (κ1) is 19.0. The van der Waals surface area contributed by atoms with Gasteiger partial charge in [-0.05, 0) is 50.8 Å². The summed E-state index contributed by atoms with van der Waals surface area (Å²) in [5, 5.41) is 3.32. The van der Waals surface area contributed by atoms with Gasteiger partial charge in [0.15, 0.2) is 0 Å². The van der Waals surface area contributed by atoms with Gasteiger partial charge in [-0.15, -0.1) is 0 Å². The molecule has 1 aromatic rings. The van der Waals surface area contributed by atoms with Gasteiger partial charge in [0.05, 0.1) is 6.54 Å². The topological polar surface area (TPSA) is 92.1 Å². The van der Waals surface area contributed by atoms with E-state index in [0.29, 0.717) is 50.4 Å². The zero-order valence-corrected chi connectivity index (χ0v) is 16.2. The number of amides is 2. The third kappa shape index (κ3) is 3.65. The molecule has 1 aromatic heterocycles. The SMILES string of the molecule is Cc1cc(C2CCCNC2)oc(=O)c1C(=O)N1CCC(N2CCOC2=O)CC1. The van der Waals surface area contributed by atoms with Gasteiger partial charge in [0.1, 0.15) is 17.9 Å². The number of likely N-dealkylation sites (tertiary alicyclic amines) is 1. The molecule has 4 rings (SSSR count). The van der Waals surface area contributed by atoms with E-state index >= 15 is 0 Å². The molecule has 0 radical (unpaired) electrons. The molecule has 1 atom stereocenters. The predicted molar refractivity (Wildman–Crippen MR) is 102 cm³/mol. The number of rotatable bonds is 3. The van der Waals surface area contributed by atoms with E-state index < -0.39 is 5.63 Å². The molecule has 3 aliphatic rings. The van der Waals surface area contributed by atoms with Crippen molar-refractivity contribution >= 4 is 12.0 Å². The van der Waals surface area contributed by atoms with E-state index in [9.17, 15) is 14.4 Å². The fraction of sp³-hybridized carbons (Fsp3) is 0.650. The highest BCUT2D eigenvalue weighted by Gasteiger charge is 2.34. The summed E-state index contributed by atoms with van der Waals surface area (Å²) in [6.07, 6.45) is 3.14. The number of carbonyl (C=O) groups excluding carboxylic acids is 2. The van der Waals surface area contributed by atoms with E-state index in [4.69, 9.17) is 9.15 Å². The summed E-state index contributed by atoms with van der Waals surface area (Å²) < 4.78 is 10.5. The third-order valence-corrected chi connectivity index (χ3v) is 6.07. The molecular formula is C20H27N3O5. The smallest absolute Gasteiger partial charge is 0.410 e. The van der Waals surface area contributed by atoms with Crippen LogP contribution in [0.4, 0.5) is 4.79 Å². The Balaban J connectivity index is 1.45.